The van der Waals surface area contributed by atoms with E-state index in [4.69, 9.17) is 4.74 Å². The average Bonchev–Trinajstić information content (AvgIpc) is 3.44. The maximum Gasteiger partial charge on any atom is 0.416 e. The molecule has 7 nitrogen and oxygen atoms in total. The van der Waals surface area contributed by atoms with Crippen molar-refractivity contribution in [2.24, 2.45) is 0 Å². The van der Waals surface area contributed by atoms with Crippen LogP contribution in [0.5, 0.6) is 5.88 Å². The van der Waals surface area contributed by atoms with Crippen LogP contribution in [-0.2, 0) is 12.7 Å². The molecule has 0 aliphatic carbocycles. The summed E-state index contributed by atoms with van der Waals surface area (Å²) in [5, 5.41) is 4.60. The van der Waals surface area contributed by atoms with Gasteiger partial charge in [0.25, 0.3) is 0 Å². The third kappa shape index (κ3) is 3.96. The Kier molecular flexibility index (Phi) is 5.15. The second-order valence-electron chi connectivity index (χ2n) is 7.98. The Balaban J connectivity index is 1.51. The fourth-order valence-corrected chi connectivity index (χ4v) is 4.16. The summed E-state index contributed by atoms with van der Waals surface area (Å²) in [6.07, 6.45) is 0.662. The van der Waals surface area contributed by atoms with Crippen molar-refractivity contribution >= 4 is 0 Å². The molecule has 170 valence electrons. The maximum atomic E-state index is 13.2. The number of rotatable bonds is 4. The van der Waals surface area contributed by atoms with E-state index in [0.29, 0.717) is 41.8 Å². The first-order valence-electron chi connectivity index (χ1n) is 10.5. The highest BCUT2D eigenvalue weighted by atomic mass is 19.4. The van der Waals surface area contributed by atoms with Gasteiger partial charge in [-0.2, -0.15) is 13.2 Å². The number of alkyl halides is 3. The first-order valence-corrected chi connectivity index (χ1v) is 10.5. The summed E-state index contributed by atoms with van der Waals surface area (Å²) in [4.78, 5) is 13.5. The lowest BCUT2D eigenvalue weighted by Crippen LogP contribution is -2.18. The molecule has 0 unspecified atom stereocenters. The van der Waals surface area contributed by atoms with Gasteiger partial charge in [-0.25, -0.2) is 19.6 Å². The van der Waals surface area contributed by atoms with Crippen molar-refractivity contribution in [1.82, 2.24) is 29.3 Å². The summed E-state index contributed by atoms with van der Waals surface area (Å²) in [6.45, 7) is 2.55. The lowest BCUT2D eigenvalue weighted by atomic mass is 9.90. The van der Waals surface area contributed by atoms with Crippen LogP contribution in [0.25, 0.3) is 17.2 Å². The van der Waals surface area contributed by atoms with Crippen LogP contribution in [0.15, 0.2) is 48.9 Å². The quantitative estimate of drug-likeness (QED) is 0.444. The highest BCUT2D eigenvalue weighted by molar-refractivity contribution is 5.55. The molecule has 0 N–H and O–H groups in total. The van der Waals surface area contributed by atoms with Crippen LogP contribution < -0.4 is 4.74 Å². The summed E-state index contributed by atoms with van der Waals surface area (Å²) in [7, 11) is 1.54. The first-order chi connectivity index (χ1) is 15.8. The predicted octanol–water partition coefficient (Wildman–Crippen LogP) is 4.79. The molecule has 0 spiro atoms. The van der Waals surface area contributed by atoms with Gasteiger partial charge in [-0.15, -0.1) is 5.10 Å². The van der Waals surface area contributed by atoms with Crippen LogP contribution in [0, 0.1) is 6.92 Å². The lowest BCUT2D eigenvalue weighted by Gasteiger charge is -2.23. The molecule has 3 aromatic heterocycles. The number of benzene rings is 1. The summed E-state index contributed by atoms with van der Waals surface area (Å²) < 4.78 is 48.7. The van der Waals surface area contributed by atoms with E-state index in [2.05, 4.69) is 20.1 Å². The van der Waals surface area contributed by atoms with Crippen LogP contribution in [0.4, 0.5) is 13.2 Å². The summed E-state index contributed by atoms with van der Waals surface area (Å²) >= 11 is 0. The molecule has 1 aromatic carbocycles. The minimum absolute atomic E-state index is 0.266. The Bertz CT molecular complexity index is 1310. The number of aryl methyl sites for hydroxylation is 2. The molecule has 33 heavy (non-hydrogen) atoms. The molecule has 1 aliphatic heterocycles. The first kappa shape index (κ1) is 21.2. The molecule has 0 radical (unpaired) electrons. The van der Waals surface area contributed by atoms with Gasteiger partial charge in [-0.05, 0) is 43.5 Å². The average molecular weight is 454 g/mol. The molecule has 0 saturated carbocycles. The third-order valence-electron chi connectivity index (χ3n) is 5.74. The van der Waals surface area contributed by atoms with Gasteiger partial charge in [0.15, 0.2) is 5.82 Å². The Morgan fingerprint density at radius 3 is 2.70 bits per heavy atom. The molecule has 0 fully saturated rings. The number of imidazole rings is 1. The number of pyridine rings is 1. The van der Waals surface area contributed by atoms with Gasteiger partial charge in [-0.1, -0.05) is 18.2 Å². The molecule has 5 rings (SSSR count). The molecular weight excluding hydrogens is 433 g/mol. The summed E-state index contributed by atoms with van der Waals surface area (Å²) in [6, 6.07) is 9.10. The highest BCUT2D eigenvalue weighted by Gasteiger charge is 2.33. The molecule has 10 heteroatoms. The van der Waals surface area contributed by atoms with Crippen molar-refractivity contribution in [2.75, 3.05) is 7.11 Å². The van der Waals surface area contributed by atoms with Crippen molar-refractivity contribution < 1.29 is 17.9 Å². The standard InChI is InChI=1S/C23H21F3N6O/c1-14-12-31(13-27-14)19-9-8-18(28-22(19)33-2)20-29-21-17(7-4-10-32(21)30-20)15-5-3-6-16(11-15)23(24,25)26/h3,5-6,8-9,11-13,17H,4,7,10H2,1-2H3/t17-/m0/s1. The summed E-state index contributed by atoms with van der Waals surface area (Å²) in [5.41, 5.74) is 2.05. The number of hydrogen-bond acceptors (Lipinski definition) is 5. The number of aromatic nitrogens is 6. The van der Waals surface area contributed by atoms with E-state index in [1.807, 2.05) is 23.8 Å². The normalized spacial score (nSPS) is 16.0. The van der Waals surface area contributed by atoms with Crippen molar-refractivity contribution in [1.29, 1.82) is 0 Å². The van der Waals surface area contributed by atoms with Crippen molar-refractivity contribution in [3.63, 3.8) is 0 Å². The van der Waals surface area contributed by atoms with E-state index < -0.39 is 11.7 Å². The second kappa shape index (κ2) is 8.02. The number of methoxy groups -OCH3 is 1. The Hall–Kier alpha value is -3.69. The van der Waals surface area contributed by atoms with Gasteiger partial charge < -0.3 is 9.30 Å². The van der Waals surface area contributed by atoms with Crippen LogP contribution in [-0.4, -0.2) is 36.4 Å². The van der Waals surface area contributed by atoms with Gasteiger partial charge in [-0.3, -0.25) is 0 Å². The fourth-order valence-electron chi connectivity index (χ4n) is 4.16. The Labute approximate surface area is 187 Å². The Morgan fingerprint density at radius 2 is 1.97 bits per heavy atom. The topological polar surface area (TPSA) is 70.7 Å². The SMILES string of the molecule is COc1nc(-c2nc3n(n2)CCC[C@H]3c2cccc(C(F)(F)F)c2)ccc1-n1cnc(C)c1. The van der Waals surface area contributed by atoms with Crippen molar-refractivity contribution in [3.05, 3.63) is 71.6 Å². The molecule has 1 atom stereocenters. The molecule has 0 bridgehead atoms. The monoisotopic (exact) mass is 454 g/mol. The van der Waals surface area contributed by atoms with Crippen LogP contribution in [0.3, 0.4) is 0 Å². The molecule has 4 aromatic rings. The van der Waals surface area contributed by atoms with E-state index >= 15 is 0 Å². The largest absolute Gasteiger partial charge is 0.479 e. The van der Waals surface area contributed by atoms with Gasteiger partial charge in [0.05, 0.1) is 24.7 Å². The van der Waals surface area contributed by atoms with Crippen LogP contribution in [0.2, 0.25) is 0 Å². The molecule has 0 amide bonds. The van der Waals surface area contributed by atoms with E-state index in [-0.39, 0.29) is 5.92 Å². The lowest BCUT2D eigenvalue weighted by molar-refractivity contribution is -0.137. The van der Waals surface area contributed by atoms with E-state index in [0.717, 1.165) is 23.9 Å². The molecule has 0 saturated heterocycles. The minimum Gasteiger partial charge on any atom is -0.479 e. The molecule has 1 aliphatic rings. The molecule has 4 heterocycles. The zero-order chi connectivity index (χ0) is 23.2. The number of halogens is 3. The number of nitrogens with zero attached hydrogens (tertiary/aromatic N) is 6. The summed E-state index contributed by atoms with van der Waals surface area (Å²) in [5.74, 6) is 1.19. The fraction of sp³-hybridized carbons (Fsp3) is 0.304. The number of hydrogen-bond donors (Lipinski definition) is 0. The van der Waals surface area contributed by atoms with E-state index in [1.165, 1.54) is 19.2 Å². The number of fused-ring (bicyclic) bond motifs is 1. The number of ether oxygens (including phenoxy) is 1. The van der Waals surface area contributed by atoms with Crippen molar-refractivity contribution in [3.8, 4) is 23.1 Å². The minimum atomic E-state index is -4.39. The van der Waals surface area contributed by atoms with E-state index in [1.54, 1.807) is 23.1 Å². The van der Waals surface area contributed by atoms with Gasteiger partial charge >= 0.3 is 6.18 Å². The van der Waals surface area contributed by atoms with E-state index in [9.17, 15) is 13.2 Å². The molecular formula is C23H21F3N6O. The highest BCUT2D eigenvalue weighted by Crippen LogP contribution is 2.37. The zero-order valence-electron chi connectivity index (χ0n) is 18.0. The maximum absolute atomic E-state index is 13.2. The van der Waals surface area contributed by atoms with Crippen molar-refractivity contribution in [2.45, 2.75) is 38.4 Å². The smallest absolute Gasteiger partial charge is 0.416 e. The second-order valence-corrected chi connectivity index (χ2v) is 7.98. The van der Waals surface area contributed by atoms with Gasteiger partial charge in [0, 0.05) is 18.7 Å². The third-order valence-corrected chi connectivity index (χ3v) is 5.74. The Morgan fingerprint density at radius 1 is 1.12 bits per heavy atom. The zero-order valence-corrected chi connectivity index (χ0v) is 18.0. The van der Waals surface area contributed by atoms with Crippen LogP contribution >= 0.6 is 0 Å². The van der Waals surface area contributed by atoms with Gasteiger partial charge in [0.2, 0.25) is 5.88 Å². The van der Waals surface area contributed by atoms with Gasteiger partial charge in [0.1, 0.15) is 17.2 Å². The predicted molar refractivity (Wildman–Crippen MR) is 114 cm³/mol. The van der Waals surface area contributed by atoms with Crippen LogP contribution in [0.1, 0.15) is 41.4 Å².